The average molecular weight is 410 g/mol. The molecule has 2 aromatic heterocycles. The van der Waals surface area contributed by atoms with E-state index in [-0.39, 0.29) is 17.9 Å². The number of pyridine rings is 1. The van der Waals surface area contributed by atoms with Crippen molar-refractivity contribution in [2.75, 3.05) is 24.5 Å². The van der Waals surface area contributed by atoms with Gasteiger partial charge in [-0.2, -0.15) is 0 Å². The maximum absolute atomic E-state index is 13.4. The second-order valence-electron chi connectivity index (χ2n) is 8.30. The summed E-state index contributed by atoms with van der Waals surface area (Å²) < 4.78 is 0. The molecule has 0 radical (unpaired) electrons. The van der Waals surface area contributed by atoms with E-state index in [4.69, 9.17) is 0 Å². The first-order chi connectivity index (χ1) is 14.2. The molecule has 1 aliphatic carbocycles. The quantitative estimate of drug-likeness (QED) is 0.655. The number of amides is 1. The predicted octanol–water partition coefficient (Wildman–Crippen LogP) is 5.23. The van der Waals surface area contributed by atoms with Crippen molar-refractivity contribution in [1.82, 2.24) is 9.88 Å². The molecular weight excluding hydrogens is 378 g/mol. The Hall–Kier alpha value is -1.98. The van der Waals surface area contributed by atoms with Crippen molar-refractivity contribution in [2.45, 2.75) is 51.5 Å². The normalized spacial score (nSPS) is 19.6. The van der Waals surface area contributed by atoms with Crippen molar-refractivity contribution in [3.05, 3.63) is 52.9 Å². The molecule has 4 rings (SSSR count). The molecule has 29 heavy (non-hydrogen) atoms. The molecule has 1 aliphatic heterocycles. The number of carbonyl (C=O) groups excluding carboxylic acids is 1. The van der Waals surface area contributed by atoms with Crippen LogP contribution in [-0.2, 0) is 4.79 Å². The van der Waals surface area contributed by atoms with Gasteiger partial charge in [0.2, 0.25) is 5.91 Å². The largest absolute Gasteiger partial charge is 0.297 e. The van der Waals surface area contributed by atoms with Gasteiger partial charge in [-0.05, 0) is 55.3 Å². The lowest BCUT2D eigenvalue weighted by atomic mass is 9.88. The van der Waals surface area contributed by atoms with Crippen LogP contribution in [0.15, 0.2) is 48.0 Å². The van der Waals surface area contributed by atoms with E-state index in [1.165, 1.54) is 29.7 Å². The summed E-state index contributed by atoms with van der Waals surface area (Å²) in [5, 5.41) is 2.15. The molecule has 0 saturated heterocycles. The minimum Gasteiger partial charge on any atom is -0.297 e. The maximum Gasteiger partial charge on any atom is 0.231 e. The standard InChI is InChI=1S/C24H31N3OS/c1-19(18-26-15-12-20(13-16-26)22-10-7-17-29-22)27(23-11-5-6-14-25-23)24(28)21-8-3-2-4-9-21/h5-7,10-12,14,17,19,21H,2-4,8-9,13,15-16,18H2,1H3. The number of thiophene rings is 1. The number of hydrogen-bond acceptors (Lipinski definition) is 4. The fraction of sp³-hybridized carbons (Fsp3) is 0.500. The zero-order valence-electron chi connectivity index (χ0n) is 17.3. The summed E-state index contributed by atoms with van der Waals surface area (Å²) in [6.45, 7) is 5.05. The number of hydrogen-bond donors (Lipinski definition) is 0. The highest BCUT2D eigenvalue weighted by Gasteiger charge is 2.31. The van der Waals surface area contributed by atoms with E-state index in [2.05, 4.69) is 40.4 Å². The third-order valence-electron chi connectivity index (χ3n) is 6.18. The lowest BCUT2D eigenvalue weighted by Gasteiger charge is -2.36. The molecule has 1 amide bonds. The highest BCUT2D eigenvalue weighted by molar-refractivity contribution is 7.11. The van der Waals surface area contributed by atoms with Crippen LogP contribution in [0.5, 0.6) is 0 Å². The molecule has 2 aliphatic rings. The number of aromatic nitrogens is 1. The summed E-state index contributed by atoms with van der Waals surface area (Å²) in [6.07, 6.45) is 10.9. The van der Waals surface area contributed by atoms with Crippen molar-refractivity contribution < 1.29 is 4.79 Å². The van der Waals surface area contributed by atoms with Gasteiger partial charge >= 0.3 is 0 Å². The number of nitrogens with zero attached hydrogens (tertiary/aromatic N) is 3. The highest BCUT2D eigenvalue weighted by atomic mass is 32.1. The first-order valence-corrected chi connectivity index (χ1v) is 11.8. The fourth-order valence-corrected chi connectivity index (χ4v) is 5.41. The molecule has 154 valence electrons. The number of carbonyl (C=O) groups is 1. The minimum absolute atomic E-state index is 0.107. The van der Waals surface area contributed by atoms with Crippen LogP contribution in [0.2, 0.25) is 0 Å². The van der Waals surface area contributed by atoms with Gasteiger partial charge < -0.3 is 0 Å². The minimum atomic E-state index is 0.107. The molecule has 1 fully saturated rings. The Kier molecular flexibility index (Phi) is 6.78. The molecule has 0 aromatic carbocycles. The topological polar surface area (TPSA) is 36.4 Å². The number of rotatable bonds is 6. The Bertz CT molecular complexity index is 812. The van der Waals surface area contributed by atoms with E-state index in [0.717, 1.165) is 44.7 Å². The van der Waals surface area contributed by atoms with Gasteiger partial charge in [-0.3, -0.25) is 14.6 Å². The summed E-state index contributed by atoms with van der Waals surface area (Å²) in [5.41, 5.74) is 1.46. The molecule has 0 bridgehead atoms. The van der Waals surface area contributed by atoms with E-state index < -0.39 is 0 Å². The highest BCUT2D eigenvalue weighted by Crippen LogP contribution is 2.29. The first kappa shape index (κ1) is 20.3. The summed E-state index contributed by atoms with van der Waals surface area (Å²) in [6, 6.07) is 10.3. The summed E-state index contributed by atoms with van der Waals surface area (Å²) in [4.78, 5) is 23.8. The number of anilines is 1. The van der Waals surface area contributed by atoms with E-state index in [9.17, 15) is 4.79 Å². The zero-order valence-corrected chi connectivity index (χ0v) is 18.1. The van der Waals surface area contributed by atoms with Crippen LogP contribution in [0.25, 0.3) is 5.57 Å². The van der Waals surface area contributed by atoms with Crippen molar-refractivity contribution in [3.63, 3.8) is 0 Å². The molecule has 1 unspecified atom stereocenters. The SMILES string of the molecule is CC(CN1CC=C(c2cccs2)CC1)N(C(=O)C1CCCCC1)c1ccccn1. The van der Waals surface area contributed by atoms with Crippen LogP contribution in [0.3, 0.4) is 0 Å². The zero-order chi connectivity index (χ0) is 20.1. The Morgan fingerprint density at radius 2 is 2.10 bits per heavy atom. The van der Waals surface area contributed by atoms with Crippen LogP contribution in [0, 0.1) is 5.92 Å². The lowest BCUT2D eigenvalue weighted by Crippen LogP contribution is -2.49. The van der Waals surface area contributed by atoms with Gasteiger partial charge in [0, 0.05) is 42.7 Å². The van der Waals surface area contributed by atoms with Crippen molar-refractivity contribution in [1.29, 1.82) is 0 Å². The molecule has 4 nitrogen and oxygen atoms in total. The van der Waals surface area contributed by atoms with Crippen molar-refractivity contribution in [2.24, 2.45) is 5.92 Å². The van der Waals surface area contributed by atoms with Crippen molar-refractivity contribution >= 4 is 28.6 Å². The van der Waals surface area contributed by atoms with E-state index in [1.807, 2.05) is 34.4 Å². The lowest BCUT2D eigenvalue weighted by molar-refractivity contribution is -0.123. The second kappa shape index (κ2) is 9.68. The van der Waals surface area contributed by atoms with Gasteiger partial charge in [0.15, 0.2) is 0 Å². The van der Waals surface area contributed by atoms with E-state index in [0.29, 0.717) is 0 Å². The van der Waals surface area contributed by atoms with Crippen LogP contribution < -0.4 is 4.90 Å². The smallest absolute Gasteiger partial charge is 0.231 e. The maximum atomic E-state index is 13.4. The molecule has 2 aromatic rings. The summed E-state index contributed by atoms with van der Waals surface area (Å²) in [7, 11) is 0. The van der Waals surface area contributed by atoms with Gasteiger partial charge in [0.1, 0.15) is 5.82 Å². The van der Waals surface area contributed by atoms with E-state index >= 15 is 0 Å². The molecule has 3 heterocycles. The molecule has 1 saturated carbocycles. The molecule has 1 atom stereocenters. The summed E-state index contributed by atoms with van der Waals surface area (Å²) >= 11 is 1.82. The van der Waals surface area contributed by atoms with Gasteiger partial charge in [-0.15, -0.1) is 11.3 Å². The average Bonchev–Trinajstić information content (AvgIpc) is 3.31. The van der Waals surface area contributed by atoms with Crippen LogP contribution in [0.1, 0.15) is 50.3 Å². The summed E-state index contributed by atoms with van der Waals surface area (Å²) in [5.74, 6) is 1.21. The Morgan fingerprint density at radius 3 is 2.76 bits per heavy atom. The van der Waals surface area contributed by atoms with Crippen LogP contribution >= 0.6 is 11.3 Å². The van der Waals surface area contributed by atoms with Gasteiger partial charge in [0.25, 0.3) is 0 Å². The predicted molar refractivity (Wildman–Crippen MR) is 121 cm³/mol. The van der Waals surface area contributed by atoms with Gasteiger partial charge in [-0.25, -0.2) is 4.98 Å². The van der Waals surface area contributed by atoms with Crippen molar-refractivity contribution in [3.8, 4) is 0 Å². The Labute approximate surface area is 178 Å². The van der Waals surface area contributed by atoms with Crippen LogP contribution in [0.4, 0.5) is 5.82 Å². The third kappa shape index (κ3) is 4.96. The molecule has 5 heteroatoms. The Morgan fingerprint density at radius 1 is 1.24 bits per heavy atom. The van der Waals surface area contributed by atoms with E-state index in [1.54, 1.807) is 6.20 Å². The molecular formula is C24H31N3OS. The fourth-order valence-electron chi connectivity index (χ4n) is 4.62. The first-order valence-electron chi connectivity index (χ1n) is 10.9. The Balaban J connectivity index is 1.45. The van der Waals surface area contributed by atoms with Gasteiger partial charge in [0.05, 0.1) is 0 Å². The van der Waals surface area contributed by atoms with Gasteiger partial charge in [-0.1, -0.05) is 37.5 Å². The third-order valence-corrected chi connectivity index (χ3v) is 7.13. The second-order valence-corrected chi connectivity index (χ2v) is 9.24. The van der Waals surface area contributed by atoms with Crippen LogP contribution in [-0.4, -0.2) is 41.5 Å². The monoisotopic (exact) mass is 409 g/mol. The molecule has 0 N–H and O–H groups in total. The molecule has 0 spiro atoms.